The minimum absolute atomic E-state index is 0.134. The maximum Gasteiger partial charge on any atom is 0.263 e. The molecule has 27 heavy (non-hydrogen) atoms. The number of nitrogens with zero attached hydrogens (tertiary/aromatic N) is 1. The summed E-state index contributed by atoms with van der Waals surface area (Å²) in [5.41, 5.74) is 3.72. The molecule has 2 aromatic carbocycles. The van der Waals surface area contributed by atoms with Gasteiger partial charge in [-0.15, -0.1) is 0 Å². The standard InChI is InChI=1S/C24H31NO2/c1-4-23(27-22-15-18(2)14-19(3)16-22)24(26)25-12-10-21(11-13-25)17-20-8-6-5-7-9-20/h5-9,14-16,21,23H,4,10-13,17H2,1-3H3/t23-/m1/s1. The van der Waals surface area contributed by atoms with Gasteiger partial charge in [-0.3, -0.25) is 4.79 Å². The first kappa shape index (κ1) is 19.5. The first-order chi connectivity index (χ1) is 13.0. The molecule has 1 fully saturated rings. The Morgan fingerprint density at radius 3 is 2.30 bits per heavy atom. The van der Waals surface area contributed by atoms with Crippen LogP contribution in [0.1, 0.15) is 42.9 Å². The second-order valence-corrected chi connectivity index (χ2v) is 7.80. The third-order valence-electron chi connectivity index (χ3n) is 5.41. The van der Waals surface area contributed by atoms with Crippen LogP contribution in [0.2, 0.25) is 0 Å². The lowest BCUT2D eigenvalue weighted by Gasteiger charge is -2.34. The predicted octanol–water partition coefficient (Wildman–Crippen LogP) is 4.94. The van der Waals surface area contributed by atoms with Gasteiger partial charge in [0.1, 0.15) is 5.75 Å². The van der Waals surface area contributed by atoms with Gasteiger partial charge >= 0.3 is 0 Å². The lowest BCUT2D eigenvalue weighted by molar-refractivity contribution is -0.140. The smallest absolute Gasteiger partial charge is 0.263 e. The minimum atomic E-state index is -0.392. The third-order valence-corrected chi connectivity index (χ3v) is 5.41. The van der Waals surface area contributed by atoms with Crippen molar-refractivity contribution in [2.75, 3.05) is 13.1 Å². The quantitative estimate of drug-likeness (QED) is 0.725. The van der Waals surface area contributed by atoms with Gasteiger partial charge in [0, 0.05) is 13.1 Å². The van der Waals surface area contributed by atoms with Gasteiger partial charge < -0.3 is 9.64 Å². The zero-order valence-electron chi connectivity index (χ0n) is 16.8. The molecule has 1 saturated heterocycles. The van der Waals surface area contributed by atoms with Gasteiger partial charge in [0.2, 0.25) is 0 Å². The summed E-state index contributed by atoms with van der Waals surface area (Å²) in [6, 6.07) is 16.8. The molecule has 1 aliphatic rings. The van der Waals surface area contributed by atoms with Crippen molar-refractivity contribution in [2.45, 2.75) is 52.6 Å². The highest BCUT2D eigenvalue weighted by Gasteiger charge is 2.28. The van der Waals surface area contributed by atoms with E-state index in [0.717, 1.165) is 49.2 Å². The number of rotatable bonds is 6. The molecule has 2 aromatic rings. The number of hydrogen-bond donors (Lipinski definition) is 0. The Morgan fingerprint density at radius 2 is 1.70 bits per heavy atom. The third kappa shape index (κ3) is 5.35. The van der Waals surface area contributed by atoms with Gasteiger partial charge in [0.25, 0.3) is 5.91 Å². The summed E-state index contributed by atoms with van der Waals surface area (Å²) >= 11 is 0. The van der Waals surface area contributed by atoms with Crippen molar-refractivity contribution in [1.82, 2.24) is 4.90 Å². The molecular formula is C24H31NO2. The molecule has 1 atom stereocenters. The number of benzene rings is 2. The summed E-state index contributed by atoms with van der Waals surface area (Å²) in [7, 11) is 0. The molecule has 0 spiro atoms. The van der Waals surface area contributed by atoms with Gasteiger partial charge in [-0.1, -0.05) is 43.3 Å². The number of hydrogen-bond acceptors (Lipinski definition) is 2. The van der Waals surface area contributed by atoms with Gasteiger partial charge in [-0.05, 0) is 74.3 Å². The van der Waals surface area contributed by atoms with Crippen LogP contribution < -0.4 is 4.74 Å². The van der Waals surface area contributed by atoms with E-state index in [1.165, 1.54) is 5.56 Å². The molecule has 3 heteroatoms. The van der Waals surface area contributed by atoms with Gasteiger partial charge in [-0.25, -0.2) is 0 Å². The van der Waals surface area contributed by atoms with Crippen LogP contribution in [0.5, 0.6) is 5.75 Å². The van der Waals surface area contributed by atoms with Crippen molar-refractivity contribution in [2.24, 2.45) is 5.92 Å². The van der Waals surface area contributed by atoms with Crippen LogP contribution in [0.3, 0.4) is 0 Å². The number of carbonyl (C=O) groups is 1. The molecule has 0 saturated carbocycles. The Hall–Kier alpha value is -2.29. The fourth-order valence-electron chi connectivity index (χ4n) is 3.98. The van der Waals surface area contributed by atoms with Crippen molar-refractivity contribution in [1.29, 1.82) is 0 Å². The van der Waals surface area contributed by atoms with E-state index >= 15 is 0 Å². The van der Waals surface area contributed by atoms with Crippen LogP contribution in [0, 0.1) is 19.8 Å². The largest absolute Gasteiger partial charge is 0.481 e. The van der Waals surface area contributed by atoms with Crippen molar-refractivity contribution in [3.8, 4) is 5.75 Å². The molecule has 1 amide bonds. The lowest BCUT2D eigenvalue weighted by atomic mass is 9.90. The highest BCUT2D eigenvalue weighted by molar-refractivity contribution is 5.81. The fraction of sp³-hybridized carbons (Fsp3) is 0.458. The maximum absolute atomic E-state index is 13.0. The Morgan fingerprint density at radius 1 is 1.07 bits per heavy atom. The summed E-state index contributed by atoms with van der Waals surface area (Å²) in [4.78, 5) is 15.0. The molecule has 1 heterocycles. The Labute approximate surface area is 163 Å². The Balaban J connectivity index is 1.55. The number of likely N-dealkylation sites (tertiary alicyclic amines) is 1. The van der Waals surface area contributed by atoms with E-state index in [9.17, 15) is 4.79 Å². The van der Waals surface area contributed by atoms with Gasteiger partial charge in [-0.2, -0.15) is 0 Å². The first-order valence-electron chi connectivity index (χ1n) is 10.1. The average molecular weight is 366 g/mol. The van der Waals surface area contributed by atoms with Crippen molar-refractivity contribution >= 4 is 5.91 Å². The van der Waals surface area contributed by atoms with E-state index in [1.807, 2.05) is 24.0 Å². The first-order valence-corrected chi connectivity index (χ1v) is 10.1. The molecule has 3 nitrogen and oxygen atoms in total. The SMILES string of the molecule is CC[C@@H](Oc1cc(C)cc(C)c1)C(=O)N1CCC(Cc2ccccc2)CC1. The van der Waals surface area contributed by atoms with Crippen molar-refractivity contribution in [3.63, 3.8) is 0 Å². The van der Waals surface area contributed by atoms with E-state index < -0.39 is 6.10 Å². The molecule has 0 unspecified atom stereocenters. The monoisotopic (exact) mass is 365 g/mol. The highest BCUT2D eigenvalue weighted by Crippen LogP contribution is 2.24. The van der Waals surface area contributed by atoms with Gasteiger partial charge in [0.15, 0.2) is 6.10 Å². The van der Waals surface area contributed by atoms with Crippen LogP contribution in [-0.2, 0) is 11.2 Å². The molecule has 0 aliphatic carbocycles. The second kappa shape index (κ2) is 9.07. The predicted molar refractivity (Wildman–Crippen MR) is 110 cm³/mol. The second-order valence-electron chi connectivity index (χ2n) is 7.80. The van der Waals surface area contributed by atoms with E-state index in [-0.39, 0.29) is 5.91 Å². The molecule has 3 rings (SSSR count). The zero-order chi connectivity index (χ0) is 19.2. The maximum atomic E-state index is 13.0. The minimum Gasteiger partial charge on any atom is -0.481 e. The highest BCUT2D eigenvalue weighted by atomic mass is 16.5. The van der Waals surface area contributed by atoms with Crippen LogP contribution in [0.4, 0.5) is 0 Å². The summed E-state index contributed by atoms with van der Waals surface area (Å²) < 4.78 is 6.07. The molecule has 144 valence electrons. The molecule has 0 radical (unpaired) electrons. The Kier molecular flexibility index (Phi) is 6.54. The van der Waals surface area contributed by atoms with E-state index in [0.29, 0.717) is 12.3 Å². The Bertz CT molecular complexity index is 728. The van der Waals surface area contributed by atoms with Crippen LogP contribution in [0.25, 0.3) is 0 Å². The molecule has 0 N–H and O–H groups in total. The van der Waals surface area contributed by atoms with E-state index in [4.69, 9.17) is 4.74 Å². The number of amides is 1. The van der Waals surface area contributed by atoms with Crippen LogP contribution in [-0.4, -0.2) is 30.0 Å². The fourth-order valence-corrected chi connectivity index (χ4v) is 3.98. The van der Waals surface area contributed by atoms with Crippen molar-refractivity contribution in [3.05, 3.63) is 65.2 Å². The summed E-state index contributed by atoms with van der Waals surface area (Å²) in [6.45, 7) is 7.81. The van der Waals surface area contributed by atoms with E-state index in [2.05, 4.69) is 50.2 Å². The molecule has 0 bridgehead atoms. The van der Waals surface area contributed by atoms with E-state index in [1.54, 1.807) is 0 Å². The number of carbonyl (C=O) groups excluding carboxylic acids is 1. The summed E-state index contributed by atoms with van der Waals surface area (Å²) in [5.74, 6) is 1.60. The van der Waals surface area contributed by atoms with Crippen molar-refractivity contribution < 1.29 is 9.53 Å². The number of piperidine rings is 1. The summed E-state index contributed by atoms with van der Waals surface area (Å²) in [5, 5.41) is 0. The normalized spacial score (nSPS) is 16.2. The molecule has 1 aliphatic heterocycles. The topological polar surface area (TPSA) is 29.5 Å². The number of ether oxygens (including phenoxy) is 1. The summed E-state index contributed by atoms with van der Waals surface area (Å²) in [6.07, 6.45) is 3.55. The average Bonchev–Trinajstić information content (AvgIpc) is 2.66. The molecular weight excluding hydrogens is 334 g/mol. The van der Waals surface area contributed by atoms with Gasteiger partial charge in [0.05, 0.1) is 0 Å². The lowest BCUT2D eigenvalue weighted by Crippen LogP contribution is -2.45. The van der Waals surface area contributed by atoms with Crippen LogP contribution >= 0.6 is 0 Å². The zero-order valence-corrected chi connectivity index (χ0v) is 16.8. The molecule has 0 aromatic heterocycles. The number of aryl methyl sites for hydroxylation is 2. The van der Waals surface area contributed by atoms with Crippen LogP contribution in [0.15, 0.2) is 48.5 Å².